The van der Waals surface area contributed by atoms with Gasteiger partial charge < -0.3 is 14.7 Å². The molecule has 20 heavy (non-hydrogen) atoms. The molecular weight excluding hydrogens is 260 g/mol. The van der Waals surface area contributed by atoms with Crippen LogP contribution in [0.1, 0.15) is 39.4 Å². The van der Waals surface area contributed by atoms with E-state index in [4.69, 9.17) is 4.52 Å². The molecule has 2 rings (SSSR count). The van der Waals surface area contributed by atoms with Crippen molar-refractivity contribution in [3.63, 3.8) is 0 Å². The molecule has 1 aliphatic heterocycles. The van der Waals surface area contributed by atoms with E-state index in [0.29, 0.717) is 11.7 Å². The molecule has 0 bridgehead atoms. The number of nitrogens with one attached hydrogen (secondary N) is 1. The van der Waals surface area contributed by atoms with Crippen molar-refractivity contribution in [3.8, 4) is 0 Å². The Morgan fingerprint density at radius 3 is 2.50 bits per heavy atom. The Morgan fingerprint density at radius 1 is 1.35 bits per heavy atom. The normalized spacial score (nSPS) is 23.9. The second-order valence-electron chi connectivity index (χ2n) is 6.18. The van der Waals surface area contributed by atoms with Crippen LogP contribution >= 0.6 is 0 Å². The number of hydrogen-bond acceptors (Lipinski definition) is 5. The van der Waals surface area contributed by atoms with Gasteiger partial charge in [0.25, 0.3) is 0 Å². The summed E-state index contributed by atoms with van der Waals surface area (Å²) >= 11 is 0. The van der Waals surface area contributed by atoms with E-state index in [1.165, 1.54) is 4.90 Å². The molecule has 2 heterocycles. The number of piperazine rings is 1. The van der Waals surface area contributed by atoms with E-state index in [1.54, 1.807) is 13.8 Å². The lowest BCUT2D eigenvalue weighted by atomic mass is 9.84. The van der Waals surface area contributed by atoms with Crippen molar-refractivity contribution >= 4 is 11.8 Å². The minimum absolute atomic E-state index is 0.118. The van der Waals surface area contributed by atoms with Crippen molar-refractivity contribution in [1.29, 1.82) is 0 Å². The minimum Gasteiger partial charge on any atom is -0.342 e. The first-order valence-electron chi connectivity index (χ1n) is 6.60. The molecule has 7 heteroatoms. The lowest BCUT2D eigenvalue weighted by Crippen LogP contribution is -2.65. The zero-order chi connectivity index (χ0) is 15.1. The van der Waals surface area contributed by atoms with E-state index in [9.17, 15) is 9.59 Å². The summed E-state index contributed by atoms with van der Waals surface area (Å²) < 4.78 is 4.90. The van der Waals surface area contributed by atoms with Crippen molar-refractivity contribution in [1.82, 2.24) is 20.4 Å². The summed E-state index contributed by atoms with van der Waals surface area (Å²) in [6, 6.07) is -1.08. The first-order valence-corrected chi connectivity index (χ1v) is 6.60. The highest BCUT2D eigenvalue weighted by atomic mass is 16.5. The molecule has 1 saturated heterocycles. The largest absolute Gasteiger partial charge is 0.342 e. The van der Waals surface area contributed by atoms with E-state index < -0.39 is 12.1 Å². The first kappa shape index (κ1) is 14.5. The molecule has 1 fully saturated rings. The number of amides is 2. The summed E-state index contributed by atoms with van der Waals surface area (Å²) in [6.07, 6.45) is 0. The Bertz CT molecular complexity index is 532. The Balaban J connectivity index is 2.24. The smallest absolute Gasteiger partial charge is 0.246 e. The topological polar surface area (TPSA) is 88.3 Å². The van der Waals surface area contributed by atoms with Crippen LogP contribution in [0.3, 0.4) is 0 Å². The number of carbonyl (C=O) groups is 2. The first-order chi connectivity index (χ1) is 9.20. The summed E-state index contributed by atoms with van der Waals surface area (Å²) in [5, 5.41) is 6.56. The number of aryl methyl sites for hydroxylation is 1. The third-order valence-corrected chi connectivity index (χ3v) is 3.41. The maximum atomic E-state index is 12.6. The van der Waals surface area contributed by atoms with Crippen molar-refractivity contribution in [2.45, 2.75) is 53.2 Å². The summed E-state index contributed by atoms with van der Waals surface area (Å²) in [5.41, 5.74) is -0.349. The second kappa shape index (κ2) is 4.88. The van der Waals surface area contributed by atoms with Crippen LogP contribution in [0.25, 0.3) is 0 Å². The molecule has 2 unspecified atom stereocenters. The number of hydrogen-bond donors (Lipinski definition) is 1. The predicted octanol–water partition coefficient (Wildman–Crippen LogP) is 0.640. The number of carbonyl (C=O) groups excluding carboxylic acids is 2. The van der Waals surface area contributed by atoms with Crippen LogP contribution < -0.4 is 5.32 Å². The zero-order valence-corrected chi connectivity index (χ0v) is 12.4. The van der Waals surface area contributed by atoms with E-state index in [2.05, 4.69) is 15.5 Å². The van der Waals surface area contributed by atoms with Crippen molar-refractivity contribution in [2.24, 2.45) is 5.41 Å². The molecule has 1 aromatic rings. The molecule has 1 N–H and O–H groups in total. The van der Waals surface area contributed by atoms with Gasteiger partial charge in [-0.05, 0) is 12.3 Å². The van der Waals surface area contributed by atoms with E-state index in [-0.39, 0.29) is 23.8 Å². The van der Waals surface area contributed by atoms with Crippen LogP contribution in [0, 0.1) is 12.3 Å². The van der Waals surface area contributed by atoms with Gasteiger partial charge in [0.15, 0.2) is 5.82 Å². The maximum absolute atomic E-state index is 12.6. The van der Waals surface area contributed by atoms with Crippen molar-refractivity contribution < 1.29 is 14.1 Å². The van der Waals surface area contributed by atoms with Gasteiger partial charge in [0.05, 0.1) is 6.54 Å². The van der Waals surface area contributed by atoms with Crippen LogP contribution in [0.4, 0.5) is 0 Å². The Kier molecular flexibility index (Phi) is 3.54. The fraction of sp³-hybridized carbons (Fsp3) is 0.692. The highest BCUT2D eigenvalue weighted by Crippen LogP contribution is 2.25. The highest BCUT2D eigenvalue weighted by Gasteiger charge is 2.43. The van der Waals surface area contributed by atoms with Crippen molar-refractivity contribution in [3.05, 3.63) is 11.7 Å². The summed E-state index contributed by atoms with van der Waals surface area (Å²) in [5.74, 6) is 0.566. The van der Waals surface area contributed by atoms with Gasteiger partial charge in [-0.15, -0.1) is 0 Å². The average Bonchev–Trinajstić information content (AvgIpc) is 2.73. The molecule has 0 aliphatic carbocycles. The summed E-state index contributed by atoms with van der Waals surface area (Å²) in [6.45, 7) is 9.31. The van der Waals surface area contributed by atoms with E-state index in [0.717, 1.165) is 0 Å². The highest BCUT2D eigenvalue weighted by molar-refractivity contribution is 5.97. The van der Waals surface area contributed by atoms with Crippen LogP contribution in [-0.4, -0.2) is 38.9 Å². The number of rotatable bonds is 2. The number of aromatic nitrogens is 2. The fourth-order valence-corrected chi connectivity index (χ4v) is 2.18. The summed E-state index contributed by atoms with van der Waals surface area (Å²) in [4.78, 5) is 30.2. The van der Waals surface area contributed by atoms with Gasteiger partial charge in [0.2, 0.25) is 17.7 Å². The molecule has 0 spiro atoms. The van der Waals surface area contributed by atoms with E-state index >= 15 is 0 Å². The molecule has 110 valence electrons. The second-order valence-corrected chi connectivity index (χ2v) is 6.18. The molecule has 0 radical (unpaired) electrons. The Morgan fingerprint density at radius 2 is 2.00 bits per heavy atom. The molecule has 0 saturated carbocycles. The Labute approximate surface area is 117 Å². The van der Waals surface area contributed by atoms with Crippen LogP contribution in [0.5, 0.6) is 0 Å². The monoisotopic (exact) mass is 280 g/mol. The maximum Gasteiger partial charge on any atom is 0.246 e. The van der Waals surface area contributed by atoms with Gasteiger partial charge in [0, 0.05) is 6.92 Å². The molecule has 2 amide bonds. The Hall–Kier alpha value is -1.92. The third kappa shape index (κ3) is 2.66. The third-order valence-electron chi connectivity index (χ3n) is 3.41. The molecule has 2 atom stereocenters. The molecule has 0 aromatic carbocycles. The van der Waals surface area contributed by atoms with E-state index in [1.807, 2.05) is 20.8 Å². The van der Waals surface area contributed by atoms with Crippen LogP contribution in [0.2, 0.25) is 0 Å². The average molecular weight is 280 g/mol. The summed E-state index contributed by atoms with van der Waals surface area (Å²) in [7, 11) is 0. The standard InChI is InChI=1S/C13H20N4O3/c1-7-11(18)15-10(13(3,4)5)12(19)17(7)6-9-14-8(2)20-16-9/h7,10H,6H2,1-5H3,(H,15,18). The molecule has 1 aliphatic rings. The van der Waals surface area contributed by atoms with Gasteiger partial charge in [-0.25, -0.2) is 0 Å². The van der Waals surface area contributed by atoms with Gasteiger partial charge in [-0.1, -0.05) is 25.9 Å². The minimum atomic E-state index is -0.542. The van der Waals surface area contributed by atoms with Gasteiger partial charge in [-0.2, -0.15) is 4.98 Å². The van der Waals surface area contributed by atoms with Crippen molar-refractivity contribution in [2.75, 3.05) is 0 Å². The van der Waals surface area contributed by atoms with Gasteiger partial charge in [0.1, 0.15) is 12.1 Å². The fourth-order valence-electron chi connectivity index (χ4n) is 2.18. The van der Waals surface area contributed by atoms with Crippen LogP contribution in [-0.2, 0) is 16.1 Å². The molecule has 7 nitrogen and oxygen atoms in total. The lowest BCUT2D eigenvalue weighted by molar-refractivity contribution is -0.152. The molecule has 1 aromatic heterocycles. The molecular formula is C13H20N4O3. The van der Waals surface area contributed by atoms with Gasteiger partial charge >= 0.3 is 0 Å². The number of nitrogens with zero attached hydrogens (tertiary/aromatic N) is 3. The van der Waals surface area contributed by atoms with Crippen LogP contribution in [0.15, 0.2) is 4.52 Å². The SMILES string of the molecule is Cc1nc(CN2C(=O)C(C(C)(C)C)NC(=O)C2C)no1. The zero-order valence-electron chi connectivity index (χ0n) is 12.4. The quantitative estimate of drug-likeness (QED) is 0.858. The van der Waals surface area contributed by atoms with Gasteiger partial charge in [-0.3, -0.25) is 9.59 Å². The predicted molar refractivity (Wildman–Crippen MR) is 70.4 cm³/mol. The lowest BCUT2D eigenvalue weighted by Gasteiger charge is -2.41.